The van der Waals surface area contributed by atoms with Gasteiger partial charge in [0.15, 0.2) is 0 Å². The Hall–Kier alpha value is 1.19. The summed E-state index contributed by atoms with van der Waals surface area (Å²) in [7, 11) is -9.31. The minimum Gasteiger partial charge on any atom is -0.676 e. The van der Waals surface area contributed by atoms with Crippen LogP contribution in [0.1, 0.15) is 51.4 Å². The van der Waals surface area contributed by atoms with E-state index < -0.39 is 20.5 Å². The SMILES string of the molecule is O=C(P(=O)([OH2+])[OH2+])P(=O)([OH2+])[OH2+].[NH-]C1CCCCC1[NH-].[NH-]C1CCCCC1[NH-].[Pt+4].[Pt+4]. The Labute approximate surface area is 194 Å². The fourth-order valence-electron chi connectivity index (χ4n) is 2.46. The van der Waals surface area contributed by atoms with Gasteiger partial charge in [0.25, 0.3) is 0 Å². The van der Waals surface area contributed by atoms with Gasteiger partial charge in [-0.05, 0) is 0 Å². The average Bonchev–Trinajstić information content (AvgIpc) is 2.52. The molecule has 15 heteroatoms. The summed E-state index contributed by atoms with van der Waals surface area (Å²) in [5.41, 5.74) is 29.2. The van der Waals surface area contributed by atoms with E-state index in [2.05, 4.69) is 0 Å². The molecular formula is C13H32N4O7P2Pt2+8. The minimum atomic E-state index is -4.66. The Morgan fingerprint density at radius 1 is 0.607 bits per heavy atom. The van der Waals surface area contributed by atoms with Gasteiger partial charge in [0.2, 0.25) is 0 Å². The summed E-state index contributed by atoms with van der Waals surface area (Å²) in [6, 6.07) is -0.319. The maximum Gasteiger partial charge on any atom is 4.00 e. The van der Waals surface area contributed by atoms with Crippen molar-refractivity contribution in [3.8, 4) is 0 Å². The molecule has 12 N–H and O–H groups in total. The molecule has 2 aliphatic carbocycles. The zero-order chi connectivity index (χ0) is 20.5. The van der Waals surface area contributed by atoms with Gasteiger partial charge in [-0.3, -0.25) is 0 Å². The molecule has 0 aromatic heterocycles. The van der Waals surface area contributed by atoms with E-state index in [1.54, 1.807) is 0 Å². The Balaban J connectivity index is -0.000000325. The molecule has 0 heterocycles. The molecule has 28 heavy (non-hydrogen) atoms. The monoisotopic (exact) mass is 808 g/mol. The third kappa shape index (κ3) is 15.1. The minimum absolute atomic E-state index is 0. The molecule has 2 saturated carbocycles. The summed E-state index contributed by atoms with van der Waals surface area (Å²) >= 11 is 0. The standard InChI is InChI=1S/2C6H12N2.CH4O7P2.2Pt/c2*7-5-3-1-2-4-6(5)8;2-1(9(3,4)5)10(6,7)8;;/h2*5-8H,1-4H2;(H2,3,4,5)(H2,6,7,8);;/q2*-2;;2*+4/p+4. The van der Waals surface area contributed by atoms with Crippen LogP contribution in [0.15, 0.2) is 0 Å². The predicted octanol–water partition coefficient (Wildman–Crippen LogP) is 3.19. The molecule has 0 amide bonds. The van der Waals surface area contributed by atoms with Crippen LogP contribution in [0.25, 0.3) is 22.9 Å². The second-order valence-electron chi connectivity index (χ2n) is 6.50. The van der Waals surface area contributed by atoms with Gasteiger partial charge in [-0.15, -0.1) is 0 Å². The van der Waals surface area contributed by atoms with Gasteiger partial charge in [0.05, 0.1) is 0 Å². The molecule has 0 spiro atoms. The maximum atomic E-state index is 10.2. The van der Waals surface area contributed by atoms with Crippen molar-refractivity contribution in [3.05, 3.63) is 22.9 Å². The van der Waals surface area contributed by atoms with Crippen LogP contribution in [0.3, 0.4) is 0 Å². The molecule has 0 aliphatic heterocycles. The Bertz CT molecular complexity index is 471. The fourth-order valence-corrected chi connectivity index (χ4v) is 4.05. The van der Waals surface area contributed by atoms with Crippen molar-refractivity contribution in [2.75, 3.05) is 0 Å². The number of rotatable bonds is 2. The third-order valence-corrected chi connectivity index (χ3v) is 6.84. The molecule has 168 valence electrons. The number of hydrogen-bond donors (Lipinski definition) is 0. The van der Waals surface area contributed by atoms with Crippen molar-refractivity contribution in [2.24, 2.45) is 0 Å². The van der Waals surface area contributed by atoms with Crippen molar-refractivity contribution in [2.45, 2.75) is 75.5 Å². The van der Waals surface area contributed by atoms with Crippen LogP contribution in [0.5, 0.6) is 0 Å². The largest absolute Gasteiger partial charge is 4.00 e. The van der Waals surface area contributed by atoms with Crippen molar-refractivity contribution in [3.63, 3.8) is 0 Å². The molecule has 11 nitrogen and oxygen atoms in total. The van der Waals surface area contributed by atoms with Crippen LogP contribution >= 0.6 is 15.2 Å². The first kappa shape index (κ1) is 33.8. The summed E-state index contributed by atoms with van der Waals surface area (Å²) in [6.45, 7) is 0. The van der Waals surface area contributed by atoms with Crippen LogP contribution < -0.4 is 0 Å². The van der Waals surface area contributed by atoms with E-state index in [1.807, 2.05) is 0 Å². The van der Waals surface area contributed by atoms with Crippen LogP contribution in [0.4, 0.5) is 4.79 Å². The average molecular weight is 809 g/mol. The molecule has 0 saturated heterocycles. The molecule has 2 fully saturated rings. The van der Waals surface area contributed by atoms with E-state index in [9.17, 15) is 13.9 Å². The van der Waals surface area contributed by atoms with Crippen LogP contribution in [-0.2, 0) is 51.3 Å². The molecule has 0 aromatic rings. The normalized spacial score (nSPS) is 27.4. The molecule has 2 rings (SSSR count). The first-order valence-electron chi connectivity index (χ1n) is 8.37. The second-order valence-corrected chi connectivity index (χ2v) is 10.1. The van der Waals surface area contributed by atoms with E-state index in [0.29, 0.717) is 0 Å². The van der Waals surface area contributed by atoms with Gasteiger partial charge in [0, 0.05) is 0 Å². The van der Waals surface area contributed by atoms with E-state index in [1.165, 1.54) is 25.7 Å². The van der Waals surface area contributed by atoms with Crippen LogP contribution in [0, 0.1) is 0 Å². The zero-order valence-electron chi connectivity index (χ0n) is 15.2. The molecule has 4 atom stereocenters. The summed E-state index contributed by atoms with van der Waals surface area (Å²) < 4.78 is 20.3. The molecule has 0 radical (unpaired) electrons. The summed E-state index contributed by atoms with van der Waals surface area (Å²) in [6.07, 6.45) is 8.49. The van der Waals surface area contributed by atoms with Gasteiger partial charge in [-0.25, -0.2) is 4.79 Å². The van der Waals surface area contributed by atoms with Crippen molar-refractivity contribution < 1.29 is 75.6 Å². The fraction of sp³-hybridized carbons (Fsp3) is 0.923. The Morgan fingerprint density at radius 2 is 0.786 bits per heavy atom. The van der Waals surface area contributed by atoms with E-state index in [0.717, 1.165) is 25.7 Å². The summed E-state index contributed by atoms with van der Waals surface area (Å²) in [5.74, 6) is 0. The maximum absolute atomic E-state index is 10.2. The number of hydrogen-bond acceptors (Lipinski definition) is 3. The Morgan fingerprint density at radius 3 is 0.857 bits per heavy atom. The second kappa shape index (κ2) is 15.9. The summed E-state index contributed by atoms with van der Waals surface area (Å²) in [5, 5.41) is -1.90. The van der Waals surface area contributed by atoms with Crippen LogP contribution in [-0.4, -0.2) is 49.0 Å². The first-order chi connectivity index (χ1) is 11.8. The smallest absolute Gasteiger partial charge is 0.676 e. The quantitative estimate of drug-likeness (QED) is 0.302. The van der Waals surface area contributed by atoms with E-state index in [4.69, 9.17) is 42.5 Å². The van der Waals surface area contributed by atoms with Gasteiger partial charge in [-0.2, -0.15) is 33.3 Å². The number of carbonyl (C=O) groups is 1. The molecule has 4 unspecified atom stereocenters. The first-order valence-corrected chi connectivity index (χ1v) is 11.8. The van der Waals surface area contributed by atoms with Crippen molar-refractivity contribution >= 4 is 20.5 Å². The Kier molecular flexibility index (Phi) is 19.2. The van der Waals surface area contributed by atoms with Crippen molar-refractivity contribution in [1.29, 1.82) is 0 Å². The molecule has 0 aromatic carbocycles. The molecular weight excluding hydrogens is 776 g/mol. The molecule has 2 aliphatic rings. The topological polar surface area (TPSA) is 238 Å². The van der Waals surface area contributed by atoms with Crippen LogP contribution in [0.2, 0.25) is 0 Å². The predicted molar refractivity (Wildman–Crippen MR) is 104 cm³/mol. The van der Waals surface area contributed by atoms with Crippen molar-refractivity contribution in [1.82, 2.24) is 0 Å². The number of nitrogens with one attached hydrogen (secondary N) is 4. The van der Waals surface area contributed by atoms with Gasteiger partial charge < -0.3 is 42.5 Å². The van der Waals surface area contributed by atoms with Gasteiger partial charge in [-0.1, -0.05) is 51.4 Å². The molecule has 0 bridgehead atoms. The van der Waals surface area contributed by atoms with Gasteiger partial charge >= 0.3 is 62.6 Å². The number of carbonyl (C=O) groups excluding carboxylic acids is 1. The zero-order valence-corrected chi connectivity index (χ0v) is 21.6. The van der Waals surface area contributed by atoms with E-state index in [-0.39, 0.29) is 66.3 Å². The van der Waals surface area contributed by atoms with Gasteiger partial charge in [0.1, 0.15) is 0 Å². The third-order valence-electron chi connectivity index (χ3n) is 4.07. The summed E-state index contributed by atoms with van der Waals surface area (Å²) in [4.78, 5) is 35.2. The van der Waals surface area contributed by atoms with E-state index >= 15 is 0 Å².